The lowest BCUT2D eigenvalue weighted by atomic mass is 9.96. The van der Waals surface area contributed by atoms with E-state index in [9.17, 15) is 22.4 Å². The Morgan fingerprint density at radius 1 is 1.29 bits per heavy atom. The van der Waals surface area contributed by atoms with Gasteiger partial charge in [-0.1, -0.05) is 19.1 Å². The molecule has 0 unspecified atom stereocenters. The molecule has 0 N–H and O–H groups in total. The number of hydrogen-bond acceptors (Lipinski definition) is 4. The zero-order chi connectivity index (χ0) is 20.5. The van der Waals surface area contributed by atoms with E-state index in [1.165, 1.54) is 4.90 Å². The van der Waals surface area contributed by atoms with Gasteiger partial charge in [0.05, 0.1) is 18.7 Å². The van der Waals surface area contributed by atoms with Crippen LogP contribution in [0, 0.1) is 5.82 Å². The van der Waals surface area contributed by atoms with Gasteiger partial charge in [0.1, 0.15) is 17.6 Å². The second-order valence-corrected chi connectivity index (χ2v) is 7.05. The van der Waals surface area contributed by atoms with Crippen LogP contribution in [0.25, 0.3) is 0 Å². The van der Waals surface area contributed by atoms with Gasteiger partial charge in [-0.15, -0.1) is 0 Å². The molecule has 1 aromatic carbocycles. The van der Waals surface area contributed by atoms with Crippen LogP contribution in [0.4, 0.5) is 23.4 Å². The van der Waals surface area contributed by atoms with Crippen molar-refractivity contribution in [3.8, 4) is 5.75 Å². The maximum atomic E-state index is 13.9. The first-order valence-electron chi connectivity index (χ1n) is 8.87. The molecular formula is C20H20F4N2O2. The lowest BCUT2D eigenvalue weighted by molar-refractivity contribution is -0.138. The Bertz CT molecular complexity index is 846. The van der Waals surface area contributed by atoms with Gasteiger partial charge in [-0.2, -0.15) is 13.2 Å². The van der Waals surface area contributed by atoms with E-state index in [4.69, 9.17) is 4.74 Å². The molecule has 1 aliphatic rings. The molecule has 4 nitrogen and oxygen atoms in total. The smallest absolute Gasteiger partial charge is 0.417 e. The third kappa shape index (κ3) is 4.61. The molecule has 1 aliphatic heterocycles. The molecule has 0 spiro atoms. The molecule has 0 amide bonds. The Labute approximate surface area is 160 Å². The molecule has 0 radical (unpaired) electrons. The number of ketones is 1. The maximum absolute atomic E-state index is 13.9. The van der Waals surface area contributed by atoms with Crippen LogP contribution in [0.15, 0.2) is 36.5 Å². The minimum Gasteiger partial charge on any atom is -0.487 e. The number of halogens is 4. The number of Topliss-reactive ketones (excluding diaryl/α,β-unsaturated/α-hetero) is 1. The predicted octanol–water partition coefficient (Wildman–Crippen LogP) is 4.59. The van der Waals surface area contributed by atoms with E-state index in [2.05, 4.69) is 4.98 Å². The fourth-order valence-corrected chi connectivity index (χ4v) is 3.12. The summed E-state index contributed by atoms with van der Waals surface area (Å²) in [5.41, 5.74) is -0.0741. The summed E-state index contributed by atoms with van der Waals surface area (Å²) in [6.45, 7) is 4.20. The number of anilines is 1. The number of carbonyl (C=O) groups excluding carboxylic acids is 1. The number of benzene rings is 1. The number of ether oxygens (including phenoxy) is 1. The van der Waals surface area contributed by atoms with E-state index in [-0.39, 0.29) is 23.6 Å². The van der Waals surface area contributed by atoms with Gasteiger partial charge in [0.15, 0.2) is 11.6 Å². The van der Waals surface area contributed by atoms with Crippen molar-refractivity contribution in [2.45, 2.75) is 38.5 Å². The van der Waals surface area contributed by atoms with Crippen molar-refractivity contribution in [1.82, 2.24) is 4.98 Å². The van der Waals surface area contributed by atoms with Crippen LogP contribution < -0.4 is 9.64 Å². The van der Waals surface area contributed by atoms with Gasteiger partial charge in [-0.25, -0.2) is 9.37 Å². The molecule has 0 bridgehead atoms. The highest BCUT2D eigenvalue weighted by Gasteiger charge is 2.35. The van der Waals surface area contributed by atoms with Crippen LogP contribution in [-0.4, -0.2) is 30.0 Å². The number of pyridine rings is 1. The quantitative estimate of drug-likeness (QED) is 0.670. The highest BCUT2D eigenvalue weighted by atomic mass is 19.4. The third-order valence-corrected chi connectivity index (χ3v) is 4.64. The monoisotopic (exact) mass is 396 g/mol. The number of hydrogen-bond donors (Lipinski definition) is 0. The summed E-state index contributed by atoms with van der Waals surface area (Å²) in [7, 11) is 0. The topological polar surface area (TPSA) is 42.4 Å². The van der Waals surface area contributed by atoms with Gasteiger partial charge in [0, 0.05) is 12.6 Å². The summed E-state index contributed by atoms with van der Waals surface area (Å²) < 4.78 is 57.5. The average Bonchev–Trinajstić information content (AvgIpc) is 2.57. The molecule has 1 fully saturated rings. The maximum Gasteiger partial charge on any atom is 0.417 e. The second-order valence-electron chi connectivity index (χ2n) is 7.05. The second kappa shape index (κ2) is 7.77. The fourth-order valence-electron chi connectivity index (χ4n) is 3.12. The summed E-state index contributed by atoms with van der Waals surface area (Å²) >= 11 is 0. The number of alkyl halides is 3. The van der Waals surface area contributed by atoms with Gasteiger partial charge >= 0.3 is 6.18 Å². The Hall–Kier alpha value is -2.64. The molecule has 8 heteroatoms. The fraction of sp³-hybridized carbons (Fsp3) is 0.400. The molecule has 1 atom stereocenters. The van der Waals surface area contributed by atoms with E-state index < -0.39 is 17.6 Å². The van der Waals surface area contributed by atoms with Crippen molar-refractivity contribution in [2.75, 3.05) is 18.0 Å². The number of carbonyl (C=O) groups is 1. The third-order valence-electron chi connectivity index (χ3n) is 4.64. The van der Waals surface area contributed by atoms with E-state index in [0.717, 1.165) is 5.56 Å². The Balaban J connectivity index is 1.55. The highest BCUT2D eigenvalue weighted by Crippen LogP contribution is 2.32. The summed E-state index contributed by atoms with van der Waals surface area (Å²) in [4.78, 5) is 16.4. The van der Waals surface area contributed by atoms with E-state index in [0.29, 0.717) is 37.5 Å². The first-order valence-corrected chi connectivity index (χ1v) is 8.87. The van der Waals surface area contributed by atoms with Crippen LogP contribution in [0.5, 0.6) is 5.75 Å². The molecule has 2 heterocycles. The number of nitrogens with zero attached hydrogens (tertiary/aromatic N) is 2. The van der Waals surface area contributed by atoms with Crippen molar-refractivity contribution in [1.29, 1.82) is 0 Å². The Morgan fingerprint density at radius 3 is 2.46 bits per heavy atom. The van der Waals surface area contributed by atoms with E-state index >= 15 is 0 Å². The van der Waals surface area contributed by atoms with Crippen LogP contribution in [-0.2, 0) is 11.0 Å². The number of aromatic nitrogens is 1. The lowest BCUT2D eigenvalue weighted by Crippen LogP contribution is -2.54. The van der Waals surface area contributed by atoms with Crippen molar-refractivity contribution in [3.63, 3.8) is 0 Å². The Morgan fingerprint density at radius 2 is 1.93 bits per heavy atom. The first-order chi connectivity index (χ1) is 13.1. The normalized spacial score (nSPS) is 15.9. The molecule has 0 saturated carbocycles. The van der Waals surface area contributed by atoms with Crippen molar-refractivity contribution in [2.24, 2.45) is 0 Å². The minimum absolute atomic E-state index is 0.110. The number of rotatable bonds is 6. The minimum atomic E-state index is -4.62. The molecule has 3 rings (SSSR count). The van der Waals surface area contributed by atoms with E-state index in [1.54, 1.807) is 6.92 Å². The summed E-state index contributed by atoms with van der Waals surface area (Å²) in [5, 5.41) is 0. The van der Waals surface area contributed by atoms with Gasteiger partial charge in [-0.3, -0.25) is 0 Å². The van der Waals surface area contributed by atoms with Crippen LogP contribution in [0.2, 0.25) is 0 Å². The average molecular weight is 396 g/mol. The molecule has 2 aromatic rings. The lowest BCUT2D eigenvalue weighted by Gasteiger charge is -2.39. The van der Waals surface area contributed by atoms with Crippen molar-refractivity contribution in [3.05, 3.63) is 53.5 Å². The molecule has 150 valence electrons. The molecule has 28 heavy (non-hydrogen) atoms. The van der Waals surface area contributed by atoms with Crippen LogP contribution in [0.1, 0.15) is 37.3 Å². The van der Waals surface area contributed by atoms with E-state index in [1.807, 2.05) is 31.2 Å². The van der Waals surface area contributed by atoms with Crippen molar-refractivity contribution < 1.29 is 27.1 Å². The summed E-state index contributed by atoms with van der Waals surface area (Å²) in [6, 6.07) is 7.88. The van der Waals surface area contributed by atoms with Gasteiger partial charge in [-0.05, 0) is 36.6 Å². The summed E-state index contributed by atoms with van der Waals surface area (Å²) in [5.74, 6) is -0.214. The zero-order valence-corrected chi connectivity index (χ0v) is 15.5. The van der Waals surface area contributed by atoms with Gasteiger partial charge in [0.25, 0.3) is 0 Å². The van der Waals surface area contributed by atoms with Gasteiger partial charge < -0.3 is 14.4 Å². The highest BCUT2D eigenvalue weighted by molar-refractivity contribution is 5.76. The molecule has 1 saturated heterocycles. The Kier molecular flexibility index (Phi) is 5.58. The molecule has 1 aromatic heterocycles. The predicted molar refractivity (Wildman–Crippen MR) is 96.0 cm³/mol. The van der Waals surface area contributed by atoms with Gasteiger partial charge in [0.2, 0.25) is 0 Å². The van der Waals surface area contributed by atoms with Crippen LogP contribution in [0.3, 0.4) is 0 Å². The SMILES string of the molecule is CC(=O)C[C@@H](C)c1ccc(OC2CN(c3ncc(C(F)(F)F)cc3F)C2)cc1. The summed E-state index contributed by atoms with van der Waals surface area (Å²) in [6.07, 6.45) is -3.72. The van der Waals surface area contributed by atoms with Crippen molar-refractivity contribution >= 4 is 11.6 Å². The first kappa shape index (κ1) is 20.1. The largest absolute Gasteiger partial charge is 0.487 e. The zero-order valence-electron chi connectivity index (χ0n) is 15.5. The molecule has 0 aliphatic carbocycles. The van der Waals surface area contributed by atoms with Crippen LogP contribution >= 0.6 is 0 Å². The molecular weight excluding hydrogens is 376 g/mol. The standard InChI is InChI=1S/C20H20F4N2O2/c1-12(7-13(2)27)14-3-5-16(6-4-14)28-17-10-26(11-17)19-18(21)8-15(9-25-19)20(22,23)24/h3-6,8-9,12,17H,7,10-11H2,1-2H3/t12-/m1/s1.